The number of pyridine rings is 1. The van der Waals surface area contributed by atoms with Gasteiger partial charge in [-0.05, 0) is 87.3 Å². The van der Waals surface area contributed by atoms with E-state index < -0.39 is 17.9 Å². The Morgan fingerprint density at radius 1 is 0.855 bits per heavy atom. The minimum atomic E-state index is -0.735. The number of hydrogen-bond acceptors (Lipinski definition) is 12. The van der Waals surface area contributed by atoms with E-state index in [1.54, 1.807) is 36.5 Å². The van der Waals surface area contributed by atoms with Crippen LogP contribution in [-0.2, 0) is 9.59 Å². The van der Waals surface area contributed by atoms with E-state index in [1.165, 1.54) is 0 Å². The second-order valence-corrected chi connectivity index (χ2v) is 15.1. The fourth-order valence-corrected chi connectivity index (χ4v) is 7.93. The molecule has 1 saturated carbocycles. The molecule has 4 fully saturated rings. The third-order valence-corrected chi connectivity index (χ3v) is 11.3. The van der Waals surface area contributed by atoms with Gasteiger partial charge in [0.2, 0.25) is 11.8 Å². The van der Waals surface area contributed by atoms with Crippen LogP contribution in [0, 0.1) is 17.2 Å². The summed E-state index contributed by atoms with van der Waals surface area (Å²) in [4.78, 5) is 60.3. The number of amides is 4. The molecular formula is C39H45ClN10O5. The number of nitrogens with one attached hydrogen (secondary N) is 3. The molecule has 288 valence electrons. The highest BCUT2D eigenvalue weighted by Crippen LogP contribution is 2.28. The van der Waals surface area contributed by atoms with Crippen LogP contribution in [0.1, 0.15) is 77.9 Å². The highest BCUT2D eigenvalue weighted by molar-refractivity contribution is 6.31. The molecule has 5 heterocycles. The third-order valence-electron chi connectivity index (χ3n) is 11.0. The first-order valence-electron chi connectivity index (χ1n) is 19.0. The molecular weight excluding hydrogens is 724 g/mol. The van der Waals surface area contributed by atoms with E-state index in [-0.39, 0.29) is 42.5 Å². The van der Waals surface area contributed by atoms with Crippen molar-refractivity contribution in [1.29, 1.82) is 5.26 Å². The quantitative estimate of drug-likeness (QED) is 0.257. The normalized spacial score (nSPS) is 22.4. The Hall–Kier alpha value is -5.33. The lowest BCUT2D eigenvalue weighted by Gasteiger charge is -2.39. The fourth-order valence-electron chi connectivity index (χ4n) is 7.72. The molecule has 0 radical (unpaired) electrons. The smallest absolute Gasteiger partial charge is 0.272 e. The van der Waals surface area contributed by atoms with Gasteiger partial charge in [-0.25, -0.2) is 4.98 Å². The molecule has 0 bridgehead atoms. The van der Waals surface area contributed by atoms with Crippen molar-refractivity contribution < 1.29 is 23.9 Å². The average molecular weight is 769 g/mol. The number of rotatable bonds is 10. The number of benzene rings is 1. The Morgan fingerprint density at radius 3 is 2.25 bits per heavy atom. The first-order chi connectivity index (χ1) is 26.7. The van der Waals surface area contributed by atoms with Gasteiger partial charge >= 0.3 is 0 Å². The summed E-state index contributed by atoms with van der Waals surface area (Å²) < 4.78 is 6.07. The lowest BCUT2D eigenvalue weighted by Crippen LogP contribution is -2.52. The maximum Gasteiger partial charge on any atom is 0.272 e. The molecule has 3 N–H and O–H groups in total. The predicted molar refractivity (Wildman–Crippen MR) is 204 cm³/mol. The first-order valence-corrected chi connectivity index (χ1v) is 19.4. The van der Waals surface area contributed by atoms with E-state index in [0.717, 1.165) is 95.8 Å². The summed E-state index contributed by atoms with van der Waals surface area (Å²) >= 11 is 6.14. The Balaban J connectivity index is 0.789. The lowest BCUT2D eigenvalue weighted by molar-refractivity contribution is -0.134. The highest BCUT2D eigenvalue weighted by atomic mass is 35.5. The van der Waals surface area contributed by atoms with E-state index in [2.05, 4.69) is 51.9 Å². The van der Waals surface area contributed by atoms with Crippen LogP contribution in [-0.4, -0.2) is 108 Å². The van der Waals surface area contributed by atoms with Crippen molar-refractivity contribution in [3.63, 3.8) is 0 Å². The molecule has 3 aliphatic heterocycles. The minimum Gasteiger partial charge on any atom is -0.490 e. The van der Waals surface area contributed by atoms with Crippen molar-refractivity contribution in [3.05, 3.63) is 70.6 Å². The third kappa shape index (κ3) is 9.68. The van der Waals surface area contributed by atoms with Gasteiger partial charge in [0, 0.05) is 64.3 Å². The highest BCUT2D eigenvalue weighted by Gasteiger charge is 2.30. The average Bonchev–Trinajstić information content (AvgIpc) is 3.20. The number of imide groups is 1. The number of carbonyl (C=O) groups excluding carboxylic acids is 4. The van der Waals surface area contributed by atoms with Crippen LogP contribution in [0.5, 0.6) is 5.75 Å². The number of anilines is 2. The summed E-state index contributed by atoms with van der Waals surface area (Å²) in [6.45, 7) is 6.43. The van der Waals surface area contributed by atoms with Crippen LogP contribution < -0.4 is 30.5 Å². The number of aromatic nitrogens is 3. The van der Waals surface area contributed by atoms with E-state index in [4.69, 9.17) is 21.6 Å². The number of carbonyl (C=O) groups is 4. The van der Waals surface area contributed by atoms with Crippen LogP contribution in [0.15, 0.2) is 48.7 Å². The molecule has 2 aromatic heterocycles. The summed E-state index contributed by atoms with van der Waals surface area (Å²) in [6, 6.07) is 13.7. The minimum absolute atomic E-state index is 0.0265. The molecule has 0 spiro atoms. The zero-order chi connectivity index (χ0) is 38.3. The lowest BCUT2D eigenvalue weighted by atomic mass is 9.93. The number of halogens is 1. The zero-order valence-electron chi connectivity index (χ0n) is 30.6. The summed E-state index contributed by atoms with van der Waals surface area (Å²) in [6.07, 6.45) is 7.50. The Morgan fingerprint density at radius 2 is 1.60 bits per heavy atom. The van der Waals surface area contributed by atoms with Gasteiger partial charge in [0.15, 0.2) is 11.5 Å². The van der Waals surface area contributed by atoms with Crippen LogP contribution >= 0.6 is 11.6 Å². The fraction of sp³-hybridized carbons (Fsp3) is 0.487. The summed E-state index contributed by atoms with van der Waals surface area (Å²) in [7, 11) is 0. The summed E-state index contributed by atoms with van der Waals surface area (Å²) in [5.41, 5.74) is 1.92. The maximum atomic E-state index is 13.0. The molecule has 1 aromatic carbocycles. The molecule has 3 saturated heterocycles. The molecule has 3 aromatic rings. The topological polar surface area (TPSA) is 186 Å². The standard InChI is InChI=1S/C39H45ClN10O5/c40-31-21-30(5-1-26(31)22-41)55-29-6-2-27(3-7-29)43-39(54)34-9-11-35(47-46-34)50-15-13-25(14-16-50)24-48-17-19-49(20-18-48)28-4-8-32(42-23-28)37(52)44-33-10-12-36(51)45-38(33)53/h1,4-5,8-9,11,21,23,25,27,29,33H,2-3,6-7,10,12-20,24H2,(H,43,54)(H,44,52)(H,45,51,53). The van der Waals surface area contributed by atoms with Crippen molar-refractivity contribution in [2.75, 3.05) is 55.6 Å². The number of nitriles is 1. The zero-order valence-corrected chi connectivity index (χ0v) is 31.3. The Labute approximate surface area is 324 Å². The van der Waals surface area contributed by atoms with Gasteiger partial charge in [-0.2, -0.15) is 5.26 Å². The number of piperidine rings is 2. The van der Waals surface area contributed by atoms with E-state index in [1.807, 2.05) is 12.1 Å². The van der Waals surface area contributed by atoms with Crippen LogP contribution in [0.4, 0.5) is 11.5 Å². The molecule has 4 aliphatic rings. The number of hydrogen-bond donors (Lipinski definition) is 3. The summed E-state index contributed by atoms with van der Waals surface area (Å²) in [5.74, 6) is 0.558. The summed E-state index contributed by atoms with van der Waals surface area (Å²) in [5, 5.41) is 26.2. The van der Waals surface area contributed by atoms with Gasteiger partial charge in [-0.3, -0.25) is 29.4 Å². The van der Waals surface area contributed by atoms with Crippen LogP contribution in [0.3, 0.4) is 0 Å². The first kappa shape index (κ1) is 38.0. The maximum absolute atomic E-state index is 13.0. The number of nitrogens with zero attached hydrogens (tertiary/aromatic N) is 7. The molecule has 16 heteroatoms. The van der Waals surface area contributed by atoms with E-state index in [0.29, 0.717) is 27.9 Å². The largest absolute Gasteiger partial charge is 0.490 e. The molecule has 4 amide bonds. The van der Waals surface area contributed by atoms with Gasteiger partial charge in [0.25, 0.3) is 11.8 Å². The van der Waals surface area contributed by atoms with Gasteiger partial charge in [0.1, 0.15) is 23.6 Å². The molecule has 55 heavy (non-hydrogen) atoms. The molecule has 7 rings (SSSR count). The van der Waals surface area contributed by atoms with Crippen molar-refractivity contribution in [2.24, 2.45) is 5.92 Å². The number of piperazine rings is 1. The van der Waals surface area contributed by atoms with Crippen molar-refractivity contribution in [1.82, 2.24) is 36.0 Å². The van der Waals surface area contributed by atoms with Crippen molar-refractivity contribution >= 4 is 46.7 Å². The van der Waals surface area contributed by atoms with Gasteiger partial charge in [0.05, 0.1) is 28.6 Å². The molecule has 1 atom stereocenters. The van der Waals surface area contributed by atoms with Crippen LogP contribution in [0.2, 0.25) is 5.02 Å². The van der Waals surface area contributed by atoms with Crippen LogP contribution in [0.25, 0.3) is 0 Å². The Kier molecular flexibility index (Phi) is 12.0. The molecule has 1 unspecified atom stereocenters. The monoisotopic (exact) mass is 768 g/mol. The van der Waals surface area contributed by atoms with Gasteiger partial charge in [-0.1, -0.05) is 11.6 Å². The Bertz CT molecular complexity index is 1900. The number of ether oxygens (including phenoxy) is 1. The molecule has 15 nitrogen and oxygen atoms in total. The SMILES string of the molecule is N#Cc1ccc(OC2CCC(NC(=O)c3ccc(N4CCC(CN5CCN(c6ccc(C(=O)NC7CCC(=O)NC7=O)nc6)CC5)CC4)nn3)CC2)cc1Cl. The van der Waals surface area contributed by atoms with Gasteiger partial charge in [-0.15, -0.1) is 10.2 Å². The van der Waals surface area contributed by atoms with E-state index in [9.17, 15) is 19.2 Å². The predicted octanol–water partition coefficient (Wildman–Crippen LogP) is 3.09. The second-order valence-electron chi connectivity index (χ2n) is 14.7. The van der Waals surface area contributed by atoms with Crippen molar-refractivity contribution in [2.45, 2.75) is 69.6 Å². The molecule has 1 aliphatic carbocycles. The van der Waals surface area contributed by atoms with Gasteiger partial charge < -0.3 is 25.2 Å². The van der Waals surface area contributed by atoms with Crippen molar-refractivity contribution in [3.8, 4) is 11.8 Å². The second kappa shape index (κ2) is 17.4. The van der Waals surface area contributed by atoms with E-state index >= 15 is 0 Å².